The van der Waals surface area contributed by atoms with Crippen LogP contribution in [0.4, 0.5) is 5.69 Å². The highest BCUT2D eigenvalue weighted by Crippen LogP contribution is 2.20. The van der Waals surface area contributed by atoms with Gasteiger partial charge in [-0.15, -0.1) is 0 Å². The second-order valence-electron chi connectivity index (χ2n) is 5.54. The number of rotatable bonds is 7. The molecule has 0 aromatic heterocycles. The number of benzene rings is 1. The third-order valence-electron chi connectivity index (χ3n) is 3.52. The molecule has 1 aromatic carbocycles. The molecule has 1 unspecified atom stereocenters. The van der Waals surface area contributed by atoms with Gasteiger partial charge in [-0.2, -0.15) is 0 Å². The Morgan fingerprint density at radius 1 is 1.32 bits per heavy atom. The average molecular weight is 262 g/mol. The lowest BCUT2D eigenvalue weighted by Gasteiger charge is -2.19. The van der Waals surface area contributed by atoms with E-state index in [1.165, 1.54) is 0 Å². The lowest BCUT2D eigenvalue weighted by Crippen LogP contribution is -2.18. The monoisotopic (exact) mass is 262 g/mol. The van der Waals surface area contributed by atoms with Crippen LogP contribution in [-0.2, 0) is 4.79 Å². The molecule has 106 valence electrons. The van der Waals surface area contributed by atoms with Crippen LogP contribution >= 0.6 is 0 Å². The van der Waals surface area contributed by atoms with Crippen LogP contribution in [0.3, 0.4) is 0 Å². The summed E-state index contributed by atoms with van der Waals surface area (Å²) in [4.78, 5) is 11.9. The molecule has 0 aliphatic rings. The highest BCUT2D eigenvalue weighted by atomic mass is 16.1. The first kappa shape index (κ1) is 15.7. The predicted molar refractivity (Wildman–Crippen MR) is 81.0 cm³/mol. The topological polar surface area (TPSA) is 55.1 Å². The van der Waals surface area contributed by atoms with Crippen LogP contribution < -0.4 is 11.1 Å². The number of hydrogen-bond acceptors (Lipinski definition) is 2. The van der Waals surface area contributed by atoms with E-state index in [1.807, 2.05) is 31.2 Å². The molecular formula is C16H26N2O. The van der Waals surface area contributed by atoms with Gasteiger partial charge in [0, 0.05) is 12.1 Å². The summed E-state index contributed by atoms with van der Waals surface area (Å²) in [6, 6.07) is 7.88. The van der Waals surface area contributed by atoms with Crippen LogP contribution in [0.25, 0.3) is 0 Å². The summed E-state index contributed by atoms with van der Waals surface area (Å²) >= 11 is 0. The second kappa shape index (κ2) is 7.95. The zero-order valence-corrected chi connectivity index (χ0v) is 12.3. The van der Waals surface area contributed by atoms with Gasteiger partial charge in [-0.25, -0.2) is 0 Å². The quantitative estimate of drug-likeness (QED) is 0.792. The van der Waals surface area contributed by atoms with Crippen molar-refractivity contribution in [3.63, 3.8) is 0 Å². The van der Waals surface area contributed by atoms with Gasteiger partial charge in [-0.3, -0.25) is 4.79 Å². The first-order valence-electron chi connectivity index (χ1n) is 7.09. The Labute approximate surface area is 116 Å². The van der Waals surface area contributed by atoms with Crippen LogP contribution in [-0.4, -0.2) is 12.5 Å². The molecule has 0 aliphatic carbocycles. The molecule has 1 aromatic rings. The van der Waals surface area contributed by atoms with E-state index in [2.05, 4.69) is 19.2 Å². The summed E-state index contributed by atoms with van der Waals surface area (Å²) in [5, 5.41) is 2.95. The Bertz CT molecular complexity index is 401. The van der Waals surface area contributed by atoms with Crippen molar-refractivity contribution in [1.82, 2.24) is 0 Å². The molecule has 1 rings (SSSR count). The lowest BCUT2D eigenvalue weighted by molar-refractivity contribution is -0.116. The van der Waals surface area contributed by atoms with Crippen molar-refractivity contribution in [1.29, 1.82) is 0 Å². The molecule has 0 heterocycles. The molecule has 0 bridgehead atoms. The fourth-order valence-corrected chi connectivity index (χ4v) is 2.29. The third-order valence-corrected chi connectivity index (χ3v) is 3.52. The largest absolute Gasteiger partial charge is 0.330 e. The Morgan fingerprint density at radius 3 is 2.63 bits per heavy atom. The van der Waals surface area contributed by atoms with Crippen LogP contribution in [0.5, 0.6) is 0 Å². The number of carbonyl (C=O) groups excluding carboxylic acids is 1. The summed E-state index contributed by atoms with van der Waals surface area (Å²) in [7, 11) is 0. The normalized spacial score (nSPS) is 12.5. The summed E-state index contributed by atoms with van der Waals surface area (Å²) < 4.78 is 0. The molecule has 0 fully saturated rings. The van der Waals surface area contributed by atoms with Crippen molar-refractivity contribution >= 4 is 11.6 Å². The van der Waals surface area contributed by atoms with Crippen molar-refractivity contribution in [2.45, 2.75) is 40.0 Å². The molecule has 3 N–H and O–H groups in total. The van der Waals surface area contributed by atoms with Crippen LogP contribution in [0.2, 0.25) is 0 Å². The van der Waals surface area contributed by atoms with Gasteiger partial charge in [0.1, 0.15) is 0 Å². The number of aryl methyl sites for hydroxylation is 1. The standard InChI is InChI=1S/C16H26N2O/c1-12(2)14(9-10-17)7-8-16(19)18-15-6-4-5-13(3)11-15/h4-6,11-12,14H,7-10,17H2,1-3H3,(H,18,19). The van der Waals surface area contributed by atoms with Gasteiger partial charge in [0.2, 0.25) is 5.91 Å². The van der Waals surface area contributed by atoms with E-state index in [4.69, 9.17) is 5.73 Å². The molecule has 0 spiro atoms. The summed E-state index contributed by atoms with van der Waals surface area (Å²) in [6.07, 6.45) is 2.47. The van der Waals surface area contributed by atoms with Crippen LogP contribution in [0.1, 0.15) is 38.7 Å². The molecular weight excluding hydrogens is 236 g/mol. The third kappa shape index (κ3) is 5.88. The van der Waals surface area contributed by atoms with Crippen LogP contribution in [0, 0.1) is 18.8 Å². The van der Waals surface area contributed by atoms with Crippen LogP contribution in [0.15, 0.2) is 24.3 Å². The minimum Gasteiger partial charge on any atom is -0.330 e. The highest BCUT2D eigenvalue weighted by molar-refractivity contribution is 5.90. The first-order chi connectivity index (χ1) is 9.02. The first-order valence-corrected chi connectivity index (χ1v) is 7.09. The Hall–Kier alpha value is -1.35. The van der Waals surface area contributed by atoms with Crippen molar-refractivity contribution < 1.29 is 4.79 Å². The number of hydrogen-bond donors (Lipinski definition) is 2. The molecule has 3 nitrogen and oxygen atoms in total. The summed E-state index contributed by atoms with van der Waals surface area (Å²) in [6.45, 7) is 7.10. The van der Waals surface area contributed by atoms with Gasteiger partial charge in [0.25, 0.3) is 0 Å². The zero-order valence-electron chi connectivity index (χ0n) is 12.3. The SMILES string of the molecule is Cc1cccc(NC(=O)CCC(CCN)C(C)C)c1. The number of nitrogens with two attached hydrogens (primary N) is 1. The van der Waals surface area contributed by atoms with Gasteiger partial charge < -0.3 is 11.1 Å². The Morgan fingerprint density at radius 2 is 2.05 bits per heavy atom. The summed E-state index contributed by atoms with van der Waals surface area (Å²) in [5.74, 6) is 1.21. The maximum absolute atomic E-state index is 11.9. The van der Waals surface area contributed by atoms with Crippen molar-refractivity contribution in [3.05, 3.63) is 29.8 Å². The van der Waals surface area contributed by atoms with Crippen molar-refractivity contribution in [3.8, 4) is 0 Å². The molecule has 3 heteroatoms. The fraction of sp³-hybridized carbons (Fsp3) is 0.562. The van der Waals surface area contributed by atoms with Gasteiger partial charge in [0.15, 0.2) is 0 Å². The van der Waals surface area contributed by atoms with Crippen molar-refractivity contribution in [2.24, 2.45) is 17.6 Å². The highest BCUT2D eigenvalue weighted by Gasteiger charge is 2.14. The average Bonchev–Trinajstić information content (AvgIpc) is 2.34. The van der Waals surface area contributed by atoms with E-state index < -0.39 is 0 Å². The van der Waals surface area contributed by atoms with E-state index in [0.29, 0.717) is 24.8 Å². The summed E-state index contributed by atoms with van der Waals surface area (Å²) in [5.41, 5.74) is 7.65. The smallest absolute Gasteiger partial charge is 0.224 e. The Balaban J connectivity index is 2.42. The minimum absolute atomic E-state index is 0.0910. The number of carbonyl (C=O) groups is 1. The molecule has 1 amide bonds. The van der Waals surface area contributed by atoms with Gasteiger partial charge >= 0.3 is 0 Å². The molecule has 0 saturated heterocycles. The fourth-order valence-electron chi connectivity index (χ4n) is 2.29. The molecule has 19 heavy (non-hydrogen) atoms. The Kier molecular flexibility index (Phi) is 6.57. The minimum atomic E-state index is 0.0910. The van der Waals surface area contributed by atoms with Gasteiger partial charge in [0.05, 0.1) is 0 Å². The molecule has 0 aliphatic heterocycles. The predicted octanol–water partition coefficient (Wildman–Crippen LogP) is 3.33. The van der Waals surface area contributed by atoms with Crippen molar-refractivity contribution in [2.75, 3.05) is 11.9 Å². The maximum atomic E-state index is 11.9. The van der Waals surface area contributed by atoms with E-state index >= 15 is 0 Å². The van der Waals surface area contributed by atoms with E-state index in [9.17, 15) is 4.79 Å². The number of nitrogens with one attached hydrogen (secondary N) is 1. The van der Waals surface area contributed by atoms with Gasteiger partial charge in [-0.05, 0) is 55.8 Å². The molecule has 0 saturated carbocycles. The lowest BCUT2D eigenvalue weighted by atomic mass is 9.88. The molecule has 1 atom stereocenters. The maximum Gasteiger partial charge on any atom is 0.224 e. The second-order valence-corrected chi connectivity index (χ2v) is 5.54. The molecule has 0 radical (unpaired) electrons. The van der Waals surface area contributed by atoms with Gasteiger partial charge in [-0.1, -0.05) is 26.0 Å². The number of anilines is 1. The van der Waals surface area contributed by atoms with E-state index in [-0.39, 0.29) is 5.91 Å². The van der Waals surface area contributed by atoms with E-state index in [1.54, 1.807) is 0 Å². The van der Waals surface area contributed by atoms with E-state index in [0.717, 1.165) is 24.1 Å². The zero-order chi connectivity index (χ0) is 14.3. The number of amides is 1.